The number of amides is 1. The third-order valence-electron chi connectivity index (χ3n) is 5.50. The van der Waals surface area contributed by atoms with E-state index in [1.54, 1.807) is 17.0 Å². The Morgan fingerprint density at radius 1 is 1.06 bits per heavy atom. The summed E-state index contributed by atoms with van der Waals surface area (Å²) in [7, 11) is 1.42. The van der Waals surface area contributed by atoms with E-state index in [-0.39, 0.29) is 41.7 Å². The molecule has 1 aliphatic heterocycles. The van der Waals surface area contributed by atoms with Crippen molar-refractivity contribution in [3.05, 3.63) is 59.4 Å². The molecule has 2 unspecified atom stereocenters. The molecule has 31 heavy (non-hydrogen) atoms. The first kappa shape index (κ1) is 22.6. The highest BCUT2D eigenvalue weighted by Crippen LogP contribution is 2.28. The van der Waals surface area contributed by atoms with Crippen molar-refractivity contribution in [1.82, 2.24) is 9.80 Å². The molecule has 1 aliphatic rings. The van der Waals surface area contributed by atoms with Gasteiger partial charge in [-0.25, -0.2) is 9.18 Å². The van der Waals surface area contributed by atoms with Crippen molar-refractivity contribution in [1.29, 1.82) is 0 Å². The predicted octanol–water partition coefficient (Wildman–Crippen LogP) is 3.03. The number of carbonyl (C=O) groups is 2. The number of methoxy groups -OCH3 is 1. The number of rotatable bonds is 7. The number of halogens is 1. The molecule has 2 atom stereocenters. The van der Waals surface area contributed by atoms with Crippen LogP contribution in [0.1, 0.15) is 29.8 Å². The van der Waals surface area contributed by atoms with E-state index in [4.69, 9.17) is 14.6 Å². The second kappa shape index (κ2) is 9.78. The van der Waals surface area contributed by atoms with Crippen LogP contribution in [0.3, 0.4) is 0 Å². The fourth-order valence-electron chi connectivity index (χ4n) is 3.73. The smallest absolute Gasteiger partial charge is 0.335 e. The van der Waals surface area contributed by atoms with Crippen LogP contribution in [0.4, 0.5) is 4.39 Å². The monoisotopic (exact) mass is 430 g/mol. The summed E-state index contributed by atoms with van der Waals surface area (Å²) >= 11 is 0. The Hall–Kier alpha value is -3.13. The highest BCUT2D eigenvalue weighted by atomic mass is 19.1. The van der Waals surface area contributed by atoms with Crippen molar-refractivity contribution in [2.75, 3.05) is 26.8 Å². The SMILES string of the molecule is COc1cc(C(=O)O)ccc1OCC(=O)N1CC(C)N(Cc2ccc(F)cc2)CC1C. The lowest BCUT2D eigenvalue weighted by atomic mass is 10.1. The Labute approximate surface area is 181 Å². The molecule has 0 spiro atoms. The molecule has 3 rings (SSSR count). The lowest BCUT2D eigenvalue weighted by molar-refractivity contribution is -0.139. The van der Waals surface area contributed by atoms with Crippen molar-refractivity contribution >= 4 is 11.9 Å². The van der Waals surface area contributed by atoms with Gasteiger partial charge >= 0.3 is 5.97 Å². The molecular formula is C23H27FN2O5. The highest BCUT2D eigenvalue weighted by molar-refractivity contribution is 5.88. The molecule has 2 aromatic carbocycles. The average Bonchev–Trinajstić information content (AvgIpc) is 2.75. The van der Waals surface area contributed by atoms with Crippen molar-refractivity contribution in [2.24, 2.45) is 0 Å². The van der Waals surface area contributed by atoms with Gasteiger partial charge in [-0.3, -0.25) is 9.69 Å². The second-order valence-corrected chi connectivity index (χ2v) is 7.76. The molecule has 1 fully saturated rings. The molecule has 1 saturated heterocycles. The Kier molecular flexibility index (Phi) is 7.12. The molecule has 0 saturated carbocycles. The summed E-state index contributed by atoms with van der Waals surface area (Å²) in [6, 6.07) is 10.9. The van der Waals surface area contributed by atoms with E-state index in [1.165, 1.54) is 37.4 Å². The predicted molar refractivity (Wildman–Crippen MR) is 113 cm³/mol. The normalized spacial score (nSPS) is 19.2. The number of carboxylic acid groups (broad SMARTS) is 1. The number of hydrogen-bond acceptors (Lipinski definition) is 5. The maximum absolute atomic E-state index is 13.1. The number of nitrogens with zero attached hydrogens (tertiary/aromatic N) is 2. The molecule has 1 amide bonds. The Morgan fingerprint density at radius 3 is 2.42 bits per heavy atom. The molecule has 8 heteroatoms. The van der Waals surface area contributed by atoms with Gasteiger partial charge < -0.3 is 19.5 Å². The average molecular weight is 430 g/mol. The van der Waals surface area contributed by atoms with Crippen LogP contribution in [0, 0.1) is 5.82 Å². The van der Waals surface area contributed by atoms with Gasteiger partial charge in [-0.05, 0) is 49.7 Å². The molecular weight excluding hydrogens is 403 g/mol. The number of benzene rings is 2. The maximum Gasteiger partial charge on any atom is 0.335 e. The van der Waals surface area contributed by atoms with Gasteiger partial charge in [-0.2, -0.15) is 0 Å². The standard InChI is InChI=1S/C23H27FN2O5/c1-15-12-26(16(2)11-25(15)13-17-4-7-19(24)8-5-17)22(27)14-31-20-9-6-18(23(28)29)10-21(20)30-3/h4-10,15-16H,11-14H2,1-3H3,(H,28,29). The zero-order valence-electron chi connectivity index (χ0n) is 17.9. The minimum atomic E-state index is -1.07. The molecule has 0 aliphatic carbocycles. The summed E-state index contributed by atoms with van der Waals surface area (Å²) in [5.41, 5.74) is 1.11. The molecule has 2 aromatic rings. The van der Waals surface area contributed by atoms with Crippen molar-refractivity contribution < 1.29 is 28.6 Å². The van der Waals surface area contributed by atoms with E-state index in [0.717, 1.165) is 5.56 Å². The Morgan fingerprint density at radius 2 is 1.77 bits per heavy atom. The summed E-state index contributed by atoms with van der Waals surface area (Å²) in [6.07, 6.45) is 0. The minimum Gasteiger partial charge on any atom is -0.493 e. The van der Waals surface area contributed by atoms with Gasteiger partial charge in [0.2, 0.25) is 0 Å². The second-order valence-electron chi connectivity index (χ2n) is 7.76. The van der Waals surface area contributed by atoms with Gasteiger partial charge in [0.15, 0.2) is 18.1 Å². The zero-order valence-corrected chi connectivity index (χ0v) is 17.9. The summed E-state index contributed by atoms with van der Waals surface area (Å²) in [4.78, 5) is 28.0. The van der Waals surface area contributed by atoms with Crippen molar-refractivity contribution in [3.8, 4) is 11.5 Å². The number of hydrogen-bond donors (Lipinski definition) is 1. The van der Waals surface area contributed by atoms with E-state index in [9.17, 15) is 14.0 Å². The molecule has 166 valence electrons. The summed E-state index contributed by atoms with van der Waals surface area (Å²) < 4.78 is 24.0. The fourth-order valence-corrected chi connectivity index (χ4v) is 3.73. The summed E-state index contributed by atoms with van der Waals surface area (Å²) in [6.45, 7) is 5.82. The van der Waals surface area contributed by atoms with E-state index < -0.39 is 5.97 Å². The lowest BCUT2D eigenvalue weighted by Crippen LogP contribution is -2.58. The first-order valence-corrected chi connectivity index (χ1v) is 10.1. The van der Waals surface area contributed by atoms with Crippen molar-refractivity contribution in [3.63, 3.8) is 0 Å². The minimum absolute atomic E-state index is 0.0102. The summed E-state index contributed by atoms with van der Waals surface area (Å²) in [5, 5.41) is 9.09. The van der Waals surface area contributed by atoms with Crippen molar-refractivity contribution in [2.45, 2.75) is 32.5 Å². The number of carbonyl (C=O) groups excluding carboxylic acids is 1. The van der Waals surface area contributed by atoms with Crippen LogP contribution in [-0.2, 0) is 11.3 Å². The van der Waals surface area contributed by atoms with Crippen LogP contribution in [-0.4, -0.2) is 65.7 Å². The van der Waals surface area contributed by atoms with Crippen LogP contribution in [0.2, 0.25) is 0 Å². The number of ether oxygens (including phenoxy) is 2. The van der Waals surface area contributed by atoms with Gasteiger partial charge in [0, 0.05) is 31.7 Å². The molecule has 0 radical (unpaired) electrons. The lowest BCUT2D eigenvalue weighted by Gasteiger charge is -2.44. The van der Waals surface area contributed by atoms with Crippen LogP contribution >= 0.6 is 0 Å². The van der Waals surface area contributed by atoms with Gasteiger partial charge in [0.1, 0.15) is 5.82 Å². The number of aromatic carboxylic acids is 1. The molecule has 1 N–H and O–H groups in total. The topological polar surface area (TPSA) is 79.3 Å². The third kappa shape index (κ3) is 5.52. The summed E-state index contributed by atoms with van der Waals surface area (Å²) in [5.74, 6) is -0.892. The van der Waals surface area contributed by atoms with Crippen LogP contribution in [0.15, 0.2) is 42.5 Å². The highest BCUT2D eigenvalue weighted by Gasteiger charge is 2.32. The van der Waals surface area contributed by atoms with Crippen LogP contribution < -0.4 is 9.47 Å². The molecule has 0 bridgehead atoms. The van der Waals surface area contributed by atoms with Gasteiger partial charge in [0.25, 0.3) is 5.91 Å². The van der Waals surface area contributed by atoms with E-state index >= 15 is 0 Å². The van der Waals surface area contributed by atoms with Gasteiger partial charge in [0.05, 0.1) is 12.7 Å². The maximum atomic E-state index is 13.1. The van der Waals surface area contributed by atoms with Gasteiger partial charge in [-0.15, -0.1) is 0 Å². The molecule has 1 heterocycles. The van der Waals surface area contributed by atoms with E-state index in [1.807, 2.05) is 6.92 Å². The van der Waals surface area contributed by atoms with E-state index in [2.05, 4.69) is 11.8 Å². The largest absolute Gasteiger partial charge is 0.493 e. The Balaban J connectivity index is 1.59. The van der Waals surface area contributed by atoms with E-state index in [0.29, 0.717) is 25.4 Å². The van der Waals surface area contributed by atoms with Crippen LogP contribution in [0.5, 0.6) is 11.5 Å². The van der Waals surface area contributed by atoms with Crippen LogP contribution in [0.25, 0.3) is 0 Å². The first-order valence-electron chi connectivity index (χ1n) is 10.1. The quantitative estimate of drug-likeness (QED) is 0.728. The van der Waals surface area contributed by atoms with Gasteiger partial charge in [-0.1, -0.05) is 12.1 Å². The Bertz CT molecular complexity index is 934. The number of carboxylic acids is 1. The third-order valence-corrected chi connectivity index (χ3v) is 5.50. The zero-order chi connectivity index (χ0) is 22.5. The molecule has 0 aromatic heterocycles. The first-order chi connectivity index (χ1) is 14.8. The number of piperazine rings is 1. The molecule has 7 nitrogen and oxygen atoms in total. The fraction of sp³-hybridized carbons (Fsp3) is 0.391.